The molecular weight excluding hydrogens is 350 g/mol. The quantitative estimate of drug-likeness (QED) is 0.892. The molecule has 2 aromatic carbocycles. The maximum absolute atomic E-state index is 13.4. The van der Waals surface area contributed by atoms with Gasteiger partial charge in [-0.05, 0) is 54.9 Å². The van der Waals surface area contributed by atoms with Crippen LogP contribution in [0.5, 0.6) is 0 Å². The fraction of sp³-hybridized carbons (Fsp3) is 0.278. The normalized spacial score (nSPS) is 17.4. The zero-order valence-electron chi connectivity index (χ0n) is 13.2. The highest BCUT2D eigenvalue weighted by molar-refractivity contribution is 6.42. The number of halogens is 3. The summed E-state index contributed by atoms with van der Waals surface area (Å²) in [4.78, 5) is 14.4. The molecule has 3 nitrogen and oxygen atoms in total. The molecular formula is C18H17Cl2FN2O. The highest BCUT2D eigenvalue weighted by Crippen LogP contribution is 2.24. The molecule has 6 heteroatoms. The van der Waals surface area contributed by atoms with Crippen LogP contribution >= 0.6 is 23.2 Å². The van der Waals surface area contributed by atoms with Crippen LogP contribution in [0.4, 0.5) is 4.39 Å². The molecule has 0 radical (unpaired) electrons. The lowest BCUT2D eigenvalue weighted by molar-refractivity contribution is 0.0934. The topological polar surface area (TPSA) is 32.3 Å². The smallest absolute Gasteiger partial charge is 0.251 e. The van der Waals surface area contributed by atoms with Gasteiger partial charge in [0.1, 0.15) is 5.82 Å². The van der Waals surface area contributed by atoms with Crippen molar-refractivity contribution in [3.8, 4) is 0 Å². The molecule has 0 saturated heterocycles. The fourth-order valence-electron chi connectivity index (χ4n) is 2.92. The van der Waals surface area contributed by atoms with E-state index < -0.39 is 0 Å². The van der Waals surface area contributed by atoms with Crippen molar-refractivity contribution in [2.24, 2.45) is 0 Å². The number of likely N-dealkylation sites (N-methyl/N-ethyl adjacent to an activating group) is 1. The molecule has 3 rings (SSSR count). The molecule has 1 N–H and O–H groups in total. The summed E-state index contributed by atoms with van der Waals surface area (Å²) in [5.41, 5.74) is 2.60. The number of fused-ring (bicyclic) bond motifs is 1. The first-order valence-corrected chi connectivity index (χ1v) is 8.40. The Morgan fingerprint density at radius 1 is 1.21 bits per heavy atom. The second-order valence-electron chi connectivity index (χ2n) is 6.03. The molecule has 0 aliphatic carbocycles. The minimum absolute atomic E-state index is 0.117. The second-order valence-corrected chi connectivity index (χ2v) is 6.84. The zero-order valence-corrected chi connectivity index (χ0v) is 14.7. The Morgan fingerprint density at radius 2 is 2.00 bits per heavy atom. The number of amides is 1. The van der Waals surface area contributed by atoms with Gasteiger partial charge in [-0.25, -0.2) is 4.39 Å². The van der Waals surface area contributed by atoms with Gasteiger partial charge in [-0.1, -0.05) is 29.3 Å². The predicted octanol–water partition coefficient (Wildman–Crippen LogP) is 3.92. The van der Waals surface area contributed by atoms with Crippen LogP contribution in [0.2, 0.25) is 10.0 Å². The number of benzene rings is 2. The molecule has 0 saturated carbocycles. The van der Waals surface area contributed by atoms with Crippen molar-refractivity contribution in [2.75, 3.05) is 13.6 Å². The largest absolute Gasteiger partial charge is 0.350 e. The maximum Gasteiger partial charge on any atom is 0.251 e. The number of carbonyl (C=O) groups excluding carboxylic acids is 1. The van der Waals surface area contributed by atoms with E-state index in [4.69, 9.17) is 23.2 Å². The van der Waals surface area contributed by atoms with Crippen LogP contribution in [0.15, 0.2) is 36.4 Å². The van der Waals surface area contributed by atoms with Gasteiger partial charge in [0.2, 0.25) is 0 Å². The third-order valence-electron chi connectivity index (χ3n) is 4.35. The van der Waals surface area contributed by atoms with Gasteiger partial charge in [0, 0.05) is 24.7 Å². The summed E-state index contributed by atoms with van der Waals surface area (Å²) in [5.74, 6) is -0.427. The van der Waals surface area contributed by atoms with Crippen molar-refractivity contribution in [1.82, 2.24) is 10.2 Å². The minimum Gasteiger partial charge on any atom is -0.350 e. The van der Waals surface area contributed by atoms with E-state index >= 15 is 0 Å². The first kappa shape index (κ1) is 17.2. The summed E-state index contributed by atoms with van der Waals surface area (Å²) >= 11 is 11.8. The van der Waals surface area contributed by atoms with Gasteiger partial charge in [-0.2, -0.15) is 0 Å². The number of nitrogens with zero attached hydrogens (tertiary/aromatic N) is 1. The van der Waals surface area contributed by atoms with Gasteiger partial charge >= 0.3 is 0 Å². The van der Waals surface area contributed by atoms with Crippen LogP contribution in [0, 0.1) is 5.82 Å². The van der Waals surface area contributed by atoms with Crippen LogP contribution in [0.25, 0.3) is 0 Å². The van der Waals surface area contributed by atoms with Crippen molar-refractivity contribution in [3.05, 3.63) is 69.0 Å². The van der Waals surface area contributed by atoms with Gasteiger partial charge in [0.25, 0.3) is 5.91 Å². The molecule has 0 spiro atoms. The van der Waals surface area contributed by atoms with E-state index in [1.807, 2.05) is 13.1 Å². The van der Waals surface area contributed by atoms with Crippen molar-refractivity contribution in [1.29, 1.82) is 0 Å². The van der Waals surface area contributed by atoms with E-state index in [0.29, 0.717) is 28.6 Å². The highest BCUT2D eigenvalue weighted by atomic mass is 35.5. The predicted molar refractivity (Wildman–Crippen MR) is 94.2 cm³/mol. The molecule has 2 aromatic rings. The number of rotatable bonds is 3. The summed E-state index contributed by atoms with van der Waals surface area (Å²) in [6, 6.07) is 9.80. The first-order chi connectivity index (χ1) is 11.4. The SMILES string of the molecule is CN1Cc2ccc(F)cc2CC1CNC(=O)c1ccc(Cl)c(Cl)c1. The molecule has 1 heterocycles. The van der Waals surface area contributed by atoms with E-state index in [1.54, 1.807) is 24.3 Å². The zero-order chi connectivity index (χ0) is 17.3. The average Bonchev–Trinajstić information content (AvgIpc) is 2.55. The third kappa shape index (κ3) is 3.72. The molecule has 0 bridgehead atoms. The lowest BCUT2D eigenvalue weighted by Crippen LogP contribution is -2.45. The van der Waals surface area contributed by atoms with E-state index in [1.165, 1.54) is 6.07 Å². The van der Waals surface area contributed by atoms with Crippen LogP contribution in [-0.4, -0.2) is 30.4 Å². The summed E-state index contributed by atoms with van der Waals surface area (Å²) in [7, 11) is 2.00. The molecule has 0 aromatic heterocycles. The van der Waals surface area contributed by atoms with Crippen LogP contribution in [0.3, 0.4) is 0 Å². The third-order valence-corrected chi connectivity index (χ3v) is 5.09. The molecule has 1 aliphatic rings. The monoisotopic (exact) mass is 366 g/mol. The molecule has 126 valence electrons. The Kier molecular flexibility index (Phi) is 5.09. The van der Waals surface area contributed by atoms with E-state index in [2.05, 4.69) is 10.2 Å². The Morgan fingerprint density at radius 3 is 2.75 bits per heavy atom. The van der Waals surface area contributed by atoms with Crippen molar-refractivity contribution in [3.63, 3.8) is 0 Å². The summed E-state index contributed by atoms with van der Waals surface area (Å²) in [6.07, 6.45) is 0.700. The first-order valence-electron chi connectivity index (χ1n) is 7.65. The average molecular weight is 367 g/mol. The molecule has 1 atom stereocenters. The van der Waals surface area contributed by atoms with E-state index in [-0.39, 0.29) is 17.8 Å². The van der Waals surface area contributed by atoms with E-state index in [0.717, 1.165) is 17.7 Å². The fourth-order valence-corrected chi connectivity index (χ4v) is 3.22. The maximum atomic E-state index is 13.4. The Balaban J connectivity index is 1.66. The number of hydrogen-bond acceptors (Lipinski definition) is 2. The molecule has 24 heavy (non-hydrogen) atoms. The lowest BCUT2D eigenvalue weighted by Gasteiger charge is -2.34. The summed E-state index contributed by atoms with van der Waals surface area (Å²) < 4.78 is 13.4. The summed E-state index contributed by atoms with van der Waals surface area (Å²) in [5, 5.41) is 3.68. The van der Waals surface area contributed by atoms with Crippen molar-refractivity contribution < 1.29 is 9.18 Å². The Hall–Kier alpha value is -1.62. The summed E-state index contributed by atoms with van der Waals surface area (Å²) in [6.45, 7) is 1.22. The Labute approximate surface area is 150 Å². The Bertz CT molecular complexity index is 782. The van der Waals surface area contributed by atoms with Crippen molar-refractivity contribution in [2.45, 2.75) is 19.0 Å². The standard InChI is InChI=1S/C18H17Cl2FN2O/c1-23-10-12-2-4-14(21)6-13(12)7-15(23)9-22-18(24)11-3-5-16(19)17(20)8-11/h2-6,8,15H,7,9-10H2,1H3,(H,22,24). The van der Waals surface area contributed by atoms with Gasteiger partial charge < -0.3 is 5.32 Å². The molecule has 0 fully saturated rings. The molecule has 1 aliphatic heterocycles. The van der Waals surface area contributed by atoms with Crippen LogP contribution in [-0.2, 0) is 13.0 Å². The number of hydrogen-bond donors (Lipinski definition) is 1. The highest BCUT2D eigenvalue weighted by Gasteiger charge is 2.24. The van der Waals surface area contributed by atoms with Gasteiger partial charge in [-0.3, -0.25) is 9.69 Å². The number of carbonyl (C=O) groups is 1. The molecule has 1 amide bonds. The van der Waals surface area contributed by atoms with Crippen LogP contribution < -0.4 is 5.32 Å². The van der Waals surface area contributed by atoms with E-state index in [9.17, 15) is 9.18 Å². The van der Waals surface area contributed by atoms with Crippen molar-refractivity contribution >= 4 is 29.1 Å². The van der Waals surface area contributed by atoms with Gasteiger partial charge in [0.15, 0.2) is 0 Å². The van der Waals surface area contributed by atoms with Gasteiger partial charge in [-0.15, -0.1) is 0 Å². The number of nitrogens with one attached hydrogen (secondary N) is 1. The van der Waals surface area contributed by atoms with Crippen LogP contribution in [0.1, 0.15) is 21.5 Å². The molecule has 1 unspecified atom stereocenters. The minimum atomic E-state index is -0.225. The lowest BCUT2D eigenvalue weighted by atomic mass is 9.94. The second kappa shape index (κ2) is 7.09. The van der Waals surface area contributed by atoms with Gasteiger partial charge in [0.05, 0.1) is 10.0 Å².